The van der Waals surface area contributed by atoms with Crippen molar-refractivity contribution in [3.8, 4) is 5.75 Å². The Morgan fingerprint density at radius 2 is 1.62 bits per heavy atom. The third-order valence-corrected chi connectivity index (χ3v) is 6.63. The van der Waals surface area contributed by atoms with Crippen LogP contribution in [0, 0.1) is 17.3 Å². The molecule has 3 heterocycles. The number of hydrogen-bond acceptors (Lipinski definition) is 6. The summed E-state index contributed by atoms with van der Waals surface area (Å²) in [6.45, 7) is 5.51. The molecule has 7 heteroatoms. The van der Waals surface area contributed by atoms with Crippen LogP contribution in [0.25, 0.3) is 0 Å². The van der Waals surface area contributed by atoms with Gasteiger partial charge >= 0.3 is 0 Å². The lowest BCUT2D eigenvalue weighted by molar-refractivity contribution is -0.136. The quantitative estimate of drug-likeness (QED) is 0.698. The minimum absolute atomic E-state index is 0.0933. The zero-order valence-corrected chi connectivity index (χ0v) is 18.5. The molecule has 3 aliphatic heterocycles. The molecule has 0 aliphatic carbocycles. The minimum Gasteiger partial charge on any atom is -0.497 e. The van der Waals surface area contributed by atoms with Crippen LogP contribution in [0.1, 0.15) is 37.9 Å². The van der Waals surface area contributed by atoms with E-state index in [-0.39, 0.29) is 17.6 Å². The van der Waals surface area contributed by atoms with E-state index in [2.05, 4.69) is 5.10 Å². The molecule has 4 atom stereocenters. The van der Waals surface area contributed by atoms with Crippen molar-refractivity contribution in [2.45, 2.75) is 32.9 Å². The van der Waals surface area contributed by atoms with Crippen LogP contribution in [0.5, 0.6) is 5.75 Å². The van der Waals surface area contributed by atoms with Crippen LogP contribution in [-0.4, -0.2) is 42.0 Å². The van der Waals surface area contributed by atoms with Crippen LogP contribution in [-0.2, 0) is 14.4 Å². The number of rotatable bonds is 3. The molecule has 0 radical (unpaired) electrons. The fraction of sp³-hybridized carbons (Fsp3) is 0.360. The summed E-state index contributed by atoms with van der Waals surface area (Å²) in [6, 6.07) is 13.3. The third-order valence-electron chi connectivity index (χ3n) is 6.63. The van der Waals surface area contributed by atoms with Crippen LogP contribution in [0.15, 0.2) is 53.6 Å². The van der Waals surface area contributed by atoms with E-state index in [1.807, 2.05) is 45.0 Å². The van der Waals surface area contributed by atoms with Gasteiger partial charge in [0.15, 0.2) is 5.78 Å². The van der Waals surface area contributed by atoms with Gasteiger partial charge in [-0.3, -0.25) is 19.4 Å². The van der Waals surface area contributed by atoms with E-state index in [1.165, 1.54) is 4.90 Å². The Bertz CT molecular complexity index is 1150. The van der Waals surface area contributed by atoms with Crippen LogP contribution in [0.4, 0.5) is 5.69 Å². The highest BCUT2D eigenvalue weighted by molar-refractivity contribution is 6.24. The SMILES string of the molecule is COc1ccc(N2C(=O)[C@@H]3[C@H](C2=O)[C@H]2c4ccccc4C=NN2[C@H]3C(=O)C(C)(C)C)cc1. The number of hydrogen-bond donors (Lipinski definition) is 0. The average Bonchev–Trinajstić information content (AvgIpc) is 3.25. The molecule has 164 valence electrons. The molecule has 0 bridgehead atoms. The Kier molecular flexibility index (Phi) is 4.48. The molecular weight excluding hydrogens is 406 g/mol. The number of ether oxygens (including phenoxy) is 1. The molecule has 32 heavy (non-hydrogen) atoms. The van der Waals surface area contributed by atoms with Crippen molar-refractivity contribution in [2.75, 3.05) is 12.0 Å². The first-order valence-electron chi connectivity index (χ1n) is 10.7. The van der Waals surface area contributed by atoms with Gasteiger partial charge in [0, 0.05) is 5.41 Å². The zero-order chi connectivity index (χ0) is 22.8. The largest absolute Gasteiger partial charge is 0.497 e. The number of amides is 2. The second kappa shape index (κ2) is 7.02. The van der Waals surface area contributed by atoms with Crippen molar-refractivity contribution in [1.29, 1.82) is 0 Å². The first-order valence-corrected chi connectivity index (χ1v) is 10.7. The van der Waals surface area contributed by atoms with Crippen LogP contribution in [0.3, 0.4) is 0 Å². The number of Topliss-reactive ketones (excluding diaryl/α,β-unsaturated/α-hetero) is 1. The fourth-order valence-electron chi connectivity index (χ4n) is 5.10. The van der Waals surface area contributed by atoms with E-state index < -0.39 is 29.3 Å². The Balaban J connectivity index is 1.64. The highest BCUT2D eigenvalue weighted by Gasteiger charge is 2.66. The summed E-state index contributed by atoms with van der Waals surface area (Å²) in [4.78, 5) is 42.2. The summed E-state index contributed by atoms with van der Waals surface area (Å²) < 4.78 is 5.20. The number of anilines is 1. The zero-order valence-electron chi connectivity index (χ0n) is 18.5. The lowest BCUT2D eigenvalue weighted by atomic mass is 9.79. The Morgan fingerprint density at radius 1 is 0.969 bits per heavy atom. The second-order valence-corrected chi connectivity index (χ2v) is 9.52. The topological polar surface area (TPSA) is 79.3 Å². The first kappa shape index (κ1) is 20.4. The number of hydrazone groups is 1. The monoisotopic (exact) mass is 431 g/mol. The maximum absolute atomic E-state index is 13.7. The molecule has 2 amide bonds. The summed E-state index contributed by atoms with van der Waals surface area (Å²) in [5.41, 5.74) is 1.61. The van der Waals surface area contributed by atoms with E-state index in [0.717, 1.165) is 11.1 Å². The number of carbonyl (C=O) groups is 3. The molecular formula is C25H25N3O4. The van der Waals surface area contributed by atoms with Crippen molar-refractivity contribution in [2.24, 2.45) is 22.4 Å². The van der Waals surface area contributed by atoms with E-state index in [4.69, 9.17) is 4.74 Å². The number of nitrogens with zero attached hydrogens (tertiary/aromatic N) is 3. The molecule has 7 nitrogen and oxygen atoms in total. The van der Waals surface area contributed by atoms with Crippen molar-refractivity contribution < 1.29 is 19.1 Å². The molecule has 2 fully saturated rings. The van der Waals surface area contributed by atoms with Gasteiger partial charge in [0.25, 0.3) is 0 Å². The molecule has 2 aromatic rings. The average molecular weight is 431 g/mol. The molecule has 2 saturated heterocycles. The van der Waals surface area contributed by atoms with Gasteiger partial charge in [-0.1, -0.05) is 45.0 Å². The van der Waals surface area contributed by atoms with Crippen molar-refractivity contribution in [3.63, 3.8) is 0 Å². The molecule has 0 unspecified atom stereocenters. The summed E-state index contributed by atoms with van der Waals surface area (Å²) in [7, 11) is 1.56. The molecule has 0 N–H and O–H groups in total. The summed E-state index contributed by atoms with van der Waals surface area (Å²) in [6.07, 6.45) is 1.71. The number of imide groups is 1. The summed E-state index contributed by atoms with van der Waals surface area (Å²) in [5, 5.41) is 6.27. The molecule has 0 spiro atoms. The minimum atomic E-state index is -0.797. The smallest absolute Gasteiger partial charge is 0.240 e. The van der Waals surface area contributed by atoms with Gasteiger partial charge in [-0.15, -0.1) is 0 Å². The number of benzene rings is 2. The number of ketones is 1. The number of methoxy groups -OCH3 is 1. The maximum Gasteiger partial charge on any atom is 0.240 e. The van der Waals surface area contributed by atoms with E-state index in [1.54, 1.807) is 42.6 Å². The van der Waals surface area contributed by atoms with Crippen LogP contribution < -0.4 is 9.64 Å². The highest BCUT2D eigenvalue weighted by Crippen LogP contribution is 2.53. The normalized spacial score (nSPS) is 26.1. The maximum atomic E-state index is 13.7. The van der Waals surface area contributed by atoms with Gasteiger partial charge in [0.1, 0.15) is 11.8 Å². The standard InChI is InChI=1S/C25H25N3O4/c1-25(2,3)22(29)21-19-18(20-17-8-6-5-7-14(17)13-26-28(20)21)23(30)27(24(19)31)15-9-11-16(32-4)12-10-15/h5-13,18-21H,1-4H3/t18-,19+,20+,21+/m0/s1. The summed E-state index contributed by atoms with van der Waals surface area (Å²) >= 11 is 0. The molecule has 0 aromatic heterocycles. The van der Waals surface area contributed by atoms with E-state index in [9.17, 15) is 14.4 Å². The first-order chi connectivity index (χ1) is 15.2. The predicted molar refractivity (Wildman–Crippen MR) is 119 cm³/mol. The summed E-state index contributed by atoms with van der Waals surface area (Å²) in [5.74, 6) is -1.57. The third kappa shape index (κ3) is 2.80. The lowest BCUT2D eigenvalue weighted by Crippen LogP contribution is -2.48. The van der Waals surface area contributed by atoms with Crippen molar-refractivity contribution in [3.05, 3.63) is 59.7 Å². The Hall–Kier alpha value is -3.48. The second-order valence-electron chi connectivity index (χ2n) is 9.52. The molecule has 2 aromatic carbocycles. The predicted octanol–water partition coefficient (Wildman–Crippen LogP) is 3.19. The van der Waals surface area contributed by atoms with Gasteiger partial charge in [0.2, 0.25) is 11.8 Å². The van der Waals surface area contributed by atoms with Gasteiger partial charge in [-0.05, 0) is 35.4 Å². The number of fused-ring (bicyclic) bond motifs is 5. The molecule has 0 saturated carbocycles. The Labute approximate surface area is 186 Å². The van der Waals surface area contributed by atoms with Gasteiger partial charge in [-0.2, -0.15) is 5.10 Å². The molecule has 5 rings (SSSR count). The van der Waals surface area contributed by atoms with Crippen LogP contribution >= 0.6 is 0 Å². The van der Waals surface area contributed by atoms with Crippen LogP contribution in [0.2, 0.25) is 0 Å². The van der Waals surface area contributed by atoms with Gasteiger partial charge in [0.05, 0.1) is 36.9 Å². The van der Waals surface area contributed by atoms with Crippen molar-refractivity contribution >= 4 is 29.5 Å². The molecule has 3 aliphatic rings. The van der Waals surface area contributed by atoms with E-state index in [0.29, 0.717) is 11.4 Å². The number of carbonyl (C=O) groups excluding carboxylic acids is 3. The Morgan fingerprint density at radius 3 is 2.28 bits per heavy atom. The van der Waals surface area contributed by atoms with Crippen molar-refractivity contribution in [1.82, 2.24) is 5.01 Å². The van der Waals surface area contributed by atoms with Gasteiger partial charge < -0.3 is 4.74 Å². The lowest BCUT2D eigenvalue weighted by Gasteiger charge is -2.35. The fourth-order valence-corrected chi connectivity index (χ4v) is 5.10. The van der Waals surface area contributed by atoms with E-state index >= 15 is 0 Å². The van der Waals surface area contributed by atoms with Gasteiger partial charge in [-0.25, -0.2) is 4.90 Å². The highest BCUT2D eigenvalue weighted by atomic mass is 16.5.